The molecule has 386 valence electrons. The van der Waals surface area contributed by atoms with Crippen molar-refractivity contribution in [3.63, 3.8) is 0 Å². The Hall–Kier alpha value is -7.55. The molecule has 0 radical (unpaired) electrons. The number of aryl methyl sites for hydroxylation is 3. The molecule has 4 aromatic carbocycles. The number of ether oxygens (including phenoxy) is 2. The number of rotatable bonds is 7. The maximum absolute atomic E-state index is 14.5. The minimum Gasteiger partial charge on any atom is -0.462 e. The van der Waals surface area contributed by atoms with E-state index in [0.29, 0.717) is 16.6 Å². The predicted octanol–water partition coefficient (Wildman–Crippen LogP) is 12.5. The van der Waals surface area contributed by atoms with E-state index in [2.05, 4.69) is 9.97 Å². The molecule has 5 atom stereocenters. The molecule has 75 heavy (non-hydrogen) atoms. The summed E-state index contributed by atoms with van der Waals surface area (Å²) < 4.78 is 142. The molecule has 10 rings (SSSR count). The van der Waals surface area contributed by atoms with Crippen molar-refractivity contribution in [1.29, 1.82) is 0 Å². The zero-order valence-electron chi connectivity index (χ0n) is 39.6. The van der Waals surface area contributed by atoms with Gasteiger partial charge >= 0.3 is 18.5 Å². The zero-order chi connectivity index (χ0) is 53.5. The van der Waals surface area contributed by atoms with Crippen LogP contribution in [0.2, 0.25) is 0 Å². The van der Waals surface area contributed by atoms with E-state index in [1.54, 1.807) is 60.7 Å². The number of aromatic amines is 2. The Morgan fingerprint density at radius 2 is 0.813 bits per heavy atom. The smallest absolute Gasteiger partial charge is 0.416 e. The van der Waals surface area contributed by atoms with Crippen molar-refractivity contribution in [2.24, 2.45) is 0 Å². The first-order chi connectivity index (χ1) is 35.4. The Kier molecular flexibility index (Phi) is 12.9. The topological polar surface area (TPSA) is 157 Å². The van der Waals surface area contributed by atoms with Gasteiger partial charge in [0.15, 0.2) is 0 Å². The van der Waals surface area contributed by atoms with E-state index >= 15 is 0 Å². The number of fused-ring (bicyclic) bond motifs is 8. The average molecular weight is 1040 g/mol. The van der Waals surface area contributed by atoms with Crippen LogP contribution >= 0.6 is 0 Å². The summed E-state index contributed by atoms with van der Waals surface area (Å²) >= 11 is 0. The highest BCUT2D eigenvalue weighted by Crippen LogP contribution is 2.43. The van der Waals surface area contributed by atoms with Crippen molar-refractivity contribution in [2.45, 2.75) is 70.0 Å². The second-order valence-electron chi connectivity index (χ2n) is 18.6. The van der Waals surface area contributed by atoms with Gasteiger partial charge < -0.3 is 39.9 Å². The lowest BCUT2D eigenvalue weighted by Crippen LogP contribution is -2.60. The number of nitrogens with zero attached hydrogens (tertiary/aromatic N) is 2. The zero-order valence-corrected chi connectivity index (χ0v) is 39.6. The summed E-state index contributed by atoms with van der Waals surface area (Å²) in [5, 5.41) is 41.1. The third-order valence-corrected chi connectivity index (χ3v) is 13.1. The van der Waals surface area contributed by atoms with Gasteiger partial charge in [-0.1, -0.05) is 30.3 Å². The van der Waals surface area contributed by atoms with Crippen molar-refractivity contribution >= 4 is 46.4 Å². The highest BCUT2D eigenvalue weighted by Gasteiger charge is 2.45. The molecule has 10 nitrogen and oxygen atoms in total. The number of nitrogens with one attached hydrogen (secondary N) is 2. The number of H-pyrrole nitrogens is 2. The number of alkyl halides is 9. The number of aromatic nitrogens is 4. The first-order valence-electron chi connectivity index (χ1n) is 23.2. The van der Waals surface area contributed by atoms with Gasteiger partial charge in [0, 0.05) is 44.3 Å². The molecular formula is C56H43F9N4O6. The Bertz CT molecular complexity index is 3570. The molecule has 7 aromatic rings. The van der Waals surface area contributed by atoms with Crippen LogP contribution in [-0.2, 0) is 23.3 Å². The lowest BCUT2D eigenvalue weighted by molar-refractivity contribution is -0.277. The number of benzene rings is 4. The molecule has 3 aromatic heterocycles. The maximum Gasteiger partial charge on any atom is 0.416 e. The van der Waals surface area contributed by atoms with Crippen LogP contribution in [0.25, 0.3) is 90.9 Å². The van der Waals surface area contributed by atoms with Crippen molar-refractivity contribution in [3.05, 3.63) is 159 Å². The SMILES string of the molecule is Cc1cc(-c2c3nc(c(-c4cc(C)cc(C(F)(F)F)c4)c4ccc([nH]4)c(-c4cc(C)cc(C(F)(F)F)c4)c4nc(c(-c5ccc(O[C@@H]6OC(CO)[C@@H](O)[C@H](O)C6O)cc5)c5ccc2[nH]5)C=C4)C=C3)cc(C(F)(F)F)c1. The van der Waals surface area contributed by atoms with Gasteiger partial charge in [-0.25, -0.2) is 9.97 Å². The lowest BCUT2D eigenvalue weighted by Gasteiger charge is -2.39. The molecule has 19 heteroatoms. The molecule has 0 spiro atoms. The van der Waals surface area contributed by atoms with Gasteiger partial charge in [-0.2, -0.15) is 39.5 Å². The summed E-state index contributed by atoms with van der Waals surface area (Å²) in [5.41, 5.74) is 1.24. The molecular weight excluding hydrogens is 996 g/mol. The van der Waals surface area contributed by atoms with E-state index in [4.69, 9.17) is 19.4 Å². The molecule has 1 fully saturated rings. The fourth-order valence-corrected chi connectivity index (χ4v) is 9.69. The fraction of sp³-hybridized carbons (Fsp3) is 0.214. The van der Waals surface area contributed by atoms with E-state index < -0.39 is 72.5 Å². The molecule has 6 N–H and O–H groups in total. The molecule has 2 unspecified atom stereocenters. The summed E-state index contributed by atoms with van der Waals surface area (Å²) in [7, 11) is 0. The van der Waals surface area contributed by atoms with Crippen LogP contribution in [0.3, 0.4) is 0 Å². The van der Waals surface area contributed by atoms with E-state index in [-0.39, 0.29) is 95.1 Å². The van der Waals surface area contributed by atoms with Gasteiger partial charge in [-0.15, -0.1) is 0 Å². The Balaban J connectivity index is 1.30. The predicted molar refractivity (Wildman–Crippen MR) is 264 cm³/mol. The third kappa shape index (κ3) is 9.96. The fourth-order valence-electron chi connectivity index (χ4n) is 9.69. The van der Waals surface area contributed by atoms with Crippen LogP contribution in [0.5, 0.6) is 5.75 Å². The van der Waals surface area contributed by atoms with E-state index in [1.807, 2.05) is 0 Å². The maximum atomic E-state index is 14.5. The number of aliphatic hydroxyl groups is 4. The largest absolute Gasteiger partial charge is 0.462 e. The highest BCUT2D eigenvalue weighted by atomic mass is 19.4. The first-order valence-corrected chi connectivity index (χ1v) is 23.2. The van der Waals surface area contributed by atoms with E-state index in [0.717, 1.165) is 36.4 Å². The average Bonchev–Trinajstić information content (AvgIpc) is 4.19. The Morgan fingerprint density at radius 3 is 1.15 bits per heavy atom. The first kappa shape index (κ1) is 51.0. The van der Waals surface area contributed by atoms with Crippen molar-refractivity contribution in [1.82, 2.24) is 19.9 Å². The Labute approximate surface area is 420 Å². The molecule has 0 aliphatic carbocycles. The van der Waals surface area contributed by atoms with E-state index in [1.165, 1.54) is 51.1 Å². The minimum absolute atomic E-state index is 0.0640. The molecule has 3 aliphatic rings. The third-order valence-electron chi connectivity index (χ3n) is 13.1. The summed E-state index contributed by atoms with van der Waals surface area (Å²) in [6.45, 7) is 3.80. The van der Waals surface area contributed by atoms with Crippen LogP contribution in [-0.4, -0.2) is 77.7 Å². The second-order valence-corrected chi connectivity index (χ2v) is 18.6. The number of hydrogen-bond donors (Lipinski definition) is 6. The second kappa shape index (κ2) is 19.0. The van der Waals surface area contributed by atoms with Crippen LogP contribution in [0.15, 0.2) is 103 Å². The molecule has 0 amide bonds. The van der Waals surface area contributed by atoms with Gasteiger partial charge in [0.05, 0.1) is 46.1 Å². The number of hydrogen-bond acceptors (Lipinski definition) is 8. The van der Waals surface area contributed by atoms with Crippen LogP contribution in [0.1, 0.15) is 56.2 Å². The van der Waals surface area contributed by atoms with E-state index in [9.17, 15) is 59.9 Å². The van der Waals surface area contributed by atoms with Crippen molar-refractivity contribution < 1.29 is 69.4 Å². The Morgan fingerprint density at radius 1 is 0.467 bits per heavy atom. The monoisotopic (exact) mass is 1040 g/mol. The summed E-state index contributed by atoms with van der Waals surface area (Å²) in [5.74, 6) is 0.114. The molecule has 3 aliphatic heterocycles. The number of halogens is 9. The quantitative estimate of drug-likeness (QED) is 0.0862. The van der Waals surface area contributed by atoms with Gasteiger partial charge in [0.2, 0.25) is 6.29 Å². The minimum atomic E-state index is -4.78. The summed E-state index contributed by atoms with van der Waals surface area (Å²) in [6, 6.07) is 23.1. The molecule has 8 bridgehead atoms. The summed E-state index contributed by atoms with van der Waals surface area (Å²) in [4.78, 5) is 16.6. The van der Waals surface area contributed by atoms with Gasteiger partial charge in [0.25, 0.3) is 0 Å². The van der Waals surface area contributed by atoms with Gasteiger partial charge in [-0.3, -0.25) is 0 Å². The lowest BCUT2D eigenvalue weighted by atomic mass is 9.98. The van der Waals surface area contributed by atoms with Gasteiger partial charge in [-0.05, 0) is 157 Å². The van der Waals surface area contributed by atoms with Crippen molar-refractivity contribution in [3.8, 4) is 50.3 Å². The molecule has 1 saturated heterocycles. The van der Waals surface area contributed by atoms with Crippen LogP contribution < -0.4 is 4.74 Å². The van der Waals surface area contributed by atoms with Gasteiger partial charge in [0.1, 0.15) is 30.2 Å². The standard InChI is InChI=1S/C56H43F9N4O6/c1-26-16-30(22-33(19-26)54(57,58)59)47-39-10-8-37(66-39)46(29-4-6-36(7-5-29)74-53-52(73)51(72)50(71)45(25-70)75-53)38-9-11-40(67-38)48(31-17-27(2)20-34(23-31)55(60,61)62)42-13-15-44(69-42)49(43-14-12-41(47)68-43)32-18-28(3)21-35(24-32)56(63,64)65/h4-24,45,50-53,66,69-73H,25H2,1-3H3/t45?,50-,51+,52?,53-/m1/s1. The number of aliphatic hydroxyl groups excluding tert-OH is 4. The molecule has 0 saturated carbocycles. The van der Waals surface area contributed by atoms with Crippen molar-refractivity contribution in [2.75, 3.05) is 6.61 Å². The molecule has 6 heterocycles. The van der Waals surface area contributed by atoms with Crippen LogP contribution in [0, 0.1) is 20.8 Å². The summed E-state index contributed by atoms with van der Waals surface area (Å²) in [6.07, 6.45) is -15.9. The highest BCUT2D eigenvalue weighted by molar-refractivity contribution is 6.00. The normalized spacial score (nSPS) is 19.0. The van der Waals surface area contributed by atoms with Crippen LogP contribution in [0.4, 0.5) is 39.5 Å².